The summed E-state index contributed by atoms with van der Waals surface area (Å²) in [6, 6.07) is 5.68. The molecule has 0 fully saturated rings. The van der Waals surface area contributed by atoms with E-state index >= 15 is 0 Å². The lowest BCUT2D eigenvalue weighted by Gasteiger charge is -2.04. The Balaban J connectivity index is 2.43. The van der Waals surface area contributed by atoms with Crippen molar-refractivity contribution in [1.82, 2.24) is 14.9 Å². The average molecular weight is 239 g/mol. The maximum atomic E-state index is 7.86. The molecule has 16 heavy (non-hydrogen) atoms. The zero-order valence-corrected chi connectivity index (χ0v) is 9.93. The Labute approximate surface area is 98.8 Å². The van der Waals surface area contributed by atoms with Crippen LogP contribution in [0.25, 0.3) is 11.0 Å². The van der Waals surface area contributed by atoms with E-state index in [4.69, 9.17) is 17.0 Å². The maximum Gasteiger partial charge on any atom is 0.200 e. The molecule has 1 aromatic carbocycles. The highest BCUT2D eigenvalue weighted by Crippen LogP contribution is 2.20. The fourth-order valence-corrected chi connectivity index (χ4v) is 2.11. The first kappa shape index (κ1) is 11.2. The Bertz CT molecular complexity index is 540. The number of aromatic amines is 1. The summed E-state index contributed by atoms with van der Waals surface area (Å²) >= 11 is 6.15. The van der Waals surface area contributed by atoms with Crippen LogP contribution in [0.1, 0.15) is 6.42 Å². The highest BCUT2D eigenvalue weighted by atomic mass is 35.5. The van der Waals surface area contributed by atoms with Crippen molar-refractivity contribution in [3.8, 4) is 0 Å². The minimum Gasteiger partial charge on any atom is -0.324 e. The number of rotatable bonds is 4. The van der Waals surface area contributed by atoms with E-state index < -0.39 is 0 Å². The second-order valence-corrected chi connectivity index (χ2v) is 4.13. The van der Waals surface area contributed by atoms with Gasteiger partial charge in [0.1, 0.15) is 0 Å². The van der Waals surface area contributed by atoms with E-state index in [0.29, 0.717) is 10.6 Å². The summed E-state index contributed by atoms with van der Waals surface area (Å²) in [7, 11) is 1.93. The molecule has 1 aromatic heterocycles. The lowest BCUT2D eigenvalue weighted by Crippen LogP contribution is -2.19. The number of benzene rings is 1. The summed E-state index contributed by atoms with van der Waals surface area (Å²) in [4.78, 5) is 3.02. The molecular weight excluding hydrogens is 224 g/mol. The van der Waals surface area contributed by atoms with Crippen molar-refractivity contribution < 1.29 is 0 Å². The quantitative estimate of drug-likeness (QED) is 0.698. The van der Waals surface area contributed by atoms with Crippen LogP contribution in [0.5, 0.6) is 0 Å². The van der Waals surface area contributed by atoms with Crippen LogP contribution in [0.2, 0.25) is 5.02 Å². The van der Waals surface area contributed by atoms with Gasteiger partial charge in [-0.2, -0.15) is 0 Å². The molecule has 0 saturated carbocycles. The third-order valence-electron chi connectivity index (χ3n) is 2.59. The van der Waals surface area contributed by atoms with E-state index in [1.54, 1.807) is 0 Å². The molecule has 86 valence electrons. The predicted molar refractivity (Wildman–Crippen MR) is 65.7 cm³/mol. The van der Waals surface area contributed by atoms with Gasteiger partial charge in [0, 0.05) is 6.54 Å². The molecule has 0 bridgehead atoms. The monoisotopic (exact) mass is 238 g/mol. The van der Waals surface area contributed by atoms with Gasteiger partial charge in [-0.25, -0.2) is 0 Å². The van der Waals surface area contributed by atoms with Crippen molar-refractivity contribution in [1.29, 1.82) is 5.41 Å². The van der Waals surface area contributed by atoms with Gasteiger partial charge in [-0.3, -0.25) is 5.41 Å². The van der Waals surface area contributed by atoms with Gasteiger partial charge >= 0.3 is 0 Å². The Morgan fingerprint density at radius 1 is 1.50 bits per heavy atom. The molecule has 0 aliphatic heterocycles. The summed E-state index contributed by atoms with van der Waals surface area (Å²) in [5.41, 5.74) is 2.24. The van der Waals surface area contributed by atoms with Crippen LogP contribution in [0.15, 0.2) is 18.2 Å². The van der Waals surface area contributed by atoms with Gasteiger partial charge < -0.3 is 14.9 Å². The van der Waals surface area contributed by atoms with Crippen LogP contribution in [0, 0.1) is 5.41 Å². The number of halogens is 1. The number of aromatic nitrogens is 2. The third kappa shape index (κ3) is 1.99. The second-order valence-electron chi connectivity index (χ2n) is 3.72. The molecule has 0 aliphatic carbocycles. The molecule has 0 atom stereocenters. The van der Waals surface area contributed by atoms with Gasteiger partial charge in [0.2, 0.25) is 0 Å². The zero-order chi connectivity index (χ0) is 11.5. The minimum atomic E-state index is 0.402. The number of hydrogen-bond donors (Lipinski definition) is 3. The number of nitrogens with one attached hydrogen (secondary N) is 3. The number of fused-ring (bicyclic) bond motifs is 1. The molecule has 2 rings (SSSR count). The molecule has 0 saturated heterocycles. The highest BCUT2D eigenvalue weighted by Gasteiger charge is 2.07. The van der Waals surface area contributed by atoms with E-state index in [1.165, 1.54) is 0 Å². The van der Waals surface area contributed by atoms with E-state index in [9.17, 15) is 0 Å². The Morgan fingerprint density at radius 3 is 3.06 bits per heavy atom. The summed E-state index contributed by atoms with van der Waals surface area (Å²) in [5.74, 6) is 0. The first-order chi connectivity index (χ1) is 7.74. The van der Waals surface area contributed by atoms with Crippen molar-refractivity contribution in [2.75, 3.05) is 13.6 Å². The fourth-order valence-electron chi connectivity index (χ4n) is 1.83. The average Bonchev–Trinajstić information content (AvgIpc) is 2.57. The number of para-hydroxylation sites is 1. The first-order valence-corrected chi connectivity index (χ1v) is 5.68. The SMILES string of the molecule is CNCCCn1c(=N)[nH]c2cccc(Cl)c21. The van der Waals surface area contributed by atoms with Crippen molar-refractivity contribution in [2.45, 2.75) is 13.0 Å². The molecule has 5 heteroatoms. The summed E-state index contributed by atoms with van der Waals surface area (Å²) < 4.78 is 1.91. The van der Waals surface area contributed by atoms with Crippen LogP contribution in [-0.2, 0) is 6.54 Å². The highest BCUT2D eigenvalue weighted by molar-refractivity contribution is 6.34. The van der Waals surface area contributed by atoms with Crippen molar-refractivity contribution in [3.63, 3.8) is 0 Å². The van der Waals surface area contributed by atoms with Gasteiger partial charge in [-0.05, 0) is 32.1 Å². The fraction of sp³-hybridized carbons (Fsp3) is 0.364. The second kappa shape index (κ2) is 4.72. The van der Waals surface area contributed by atoms with Crippen molar-refractivity contribution in [2.24, 2.45) is 0 Å². The van der Waals surface area contributed by atoms with Gasteiger partial charge in [-0.15, -0.1) is 0 Å². The van der Waals surface area contributed by atoms with Crippen LogP contribution in [0.4, 0.5) is 0 Å². The predicted octanol–water partition coefficient (Wildman–Crippen LogP) is 1.71. The van der Waals surface area contributed by atoms with Gasteiger partial charge in [0.25, 0.3) is 0 Å². The Hall–Kier alpha value is -1.26. The lowest BCUT2D eigenvalue weighted by atomic mass is 10.3. The largest absolute Gasteiger partial charge is 0.324 e. The molecule has 0 spiro atoms. The standard InChI is InChI=1S/C11H15ClN4/c1-14-6-3-7-16-10-8(12)4-2-5-9(10)15-11(16)13/h2,4-5,14H,3,6-7H2,1H3,(H2,13,15). The van der Waals surface area contributed by atoms with Gasteiger partial charge in [0.15, 0.2) is 5.62 Å². The molecule has 4 nitrogen and oxygen atoms in total. The van der Waals surface area contributed by atoms with Crippen LogP contribution >= 0.6 is 11.6 Å². The van der Waals surface area contributed by atoms with E-state index in [1.807, 2.05) is 29.8 Å². The topological polar surface area (TPSA) is 56.6 Å². The smallest absolute Gasteiger partial charge is 0.200 e. The third-order valence-corrected chi connectivity index (χ3v) is 2.89. The lowest BCUT2D eigenvalue weighted by molar-refractivity contribution is 0.600. The molecule has 0 radical (unpaired) electrons. The van der Waals surface area contributed by atoms with E-state index in [0.717, 1.165) is 30.5 Å². The zero-order valence-electron chi connectivity index (χ0n) is 9.18. The van der Waals surface area contributed by atoms with Crippen molar-refractivity contribution in [3.05, 3.63) is 28.8 Å². The van der Waals surface area contributed by atoms with E-state index in [2.05, 4.69) is 10.3 Å². The molecule has 1 heterocycles. The minimum absolute atomic E-state index is 0.402. The van der Waals surface area contributed by atoms with Crippen LogP contribution < -0.4 is 10.9 Å². The molecule has 0 aliphatic rings. The number of hydrogen-bond acceptors (Lipinski definition) is 2. The Morgan fingerprint density at radius 2 is 2.31 bits per heavy atom. The van der Waals surface area contributed by atoms with Crippen LogP contribution in [-0.4, -0.2) is 23.1 Å². The molecule has 0 amide bonds. The number of H-pyrrole nitrogens is 1. The number of nitrogens with zero attached hydrogens (tertiary/aromatic N) is 1. The normalized spacial score (nSPS) is 11.1. The first-order valence-electron chi connectivity index (χ1n) is 5.30. The van der Waals surface area contributed by atoms with Crippen LogP contribution in [0.3, 0.4) is 0 Å². The van der Waals surface area contributed by atoms with Crippen molar-refractivity contribution >= 4 is 22.6 Å². The molecular formula is C11H15ClN4. The van der Waals surface area contributed by atoms with E-state index in [-0.39, 0.29) is 0 Å². The molecule has 3 N–H and O–H groups in total. The van der Waals surface area contributed by atoms with Gasteiger partial charge in [0.05, 0.1) is 16.1 Å². The van der Waals surface area contributed by atoms with Gasteiger partial charge in [-0.1, -0.05) is 17.7 Å². The molecule has 0 unspecified atom stereocenters. The Kier molecular flexibility index (Phi) is 3.31. The summed E-state index contributed by atoms with van der Waals surface area (Å²) in [6.45, 7) is 1.73. The number of aryl methyl sites for hydroxylation is 1. The number of imidazole rings is 1. The maximum absolute atomic E-state index is 7.86. The molecule has 2 aromatic rings. The summed E-state index contributed by atoms with van der Waals surface area (Å²) in [6.07, 6.45) is 0.977. The summed E-state index contributed by atoms with van der Waals surface area (Å²) in [5, 5.41) is 11.6.